The summed E-state index contributed by atoms with van der Waals surface area (Å²) in [5, 5.41) is 0. The van der Waals surface area contributed by atoms with Gasteiger partial charge in [0.2, 0.25) is 0 Å². The minimum atomic E-state index is 0.0827. The van der Waals surface area contributed by atoms with Gasteiger partial charge in [-0.2, -0.15) is 0 Å². The Balaban J connectivity index is 1.73. The summed E-state index contributed by atoms with van der Waals surface area (Å²) in [7, 11) is 0. The van der Waals surface area contributed by atoms with Crippen LogP contribution in [0.1, 0.15) is 36.0 Å². The highest BCUT2D eigenvalue weighted by Crippen LogP contribution is 2.46. The molecule has 0 aromatic heterocycles. The highest BCUT2D eigenvalue weighted by molar-refractivity contribution is 9.10. The van der Waals surface area contributed by atoms with Gasteiger partial charge in [0.25, 0.3) is 0 Å². The van der Waals surface area contributed by atoms with Gasteiger partial charge in [-0.1, -0.05) is 78.0 Å². The Kier molecular flexibility index (Phi) is 4.69. The molecule has 0 fully saturated rings. The molecule has 130 valence electrons. The van der Waals surface area contributed by atoms with Crippen LogP contribution in [0.4, 0.5) is 0 Å². The molecule has 0 spiro atoms. The number of hydrogen-bond acceptors (Lipinski definition) is 1. The summed E-state index contributed by atoms with van der Waals surface area (Å²) >= 11 is 3.69. The Bertz CT molecular complexity index is 948. The van der Waals surface area contributed by atoms with Crippen molar-refractivity contribution in [2.75, 3.05) is 0 Å². The van der Waals surface area contributed by atoms with Gasteiger partial charge >= 0.3 is 0 Å². The predicted octanol–water partition coefficient (Wildman–Crippen LogP) is 6.93. The number of allylic oxidation sites excluding steroid dienone is 5. The molecule has 0 amide bonds. The first-order valence-corrected chi connectivity index (χ1v) is 9.79. The van der Waals surface area contributed by atoms with Crippen LogP contribution in [-0.4, -0.2) is 6.10 Å². The first-order valence-electron chi connectivity index (χ1n) is 8.99. The van der Waals surface area contributed by atoms with E-state index in [9.17, 15) is 0 Å². The minimum Gasteiger partial charge on any atom is -0.485 e. The van der Waals surface area contributed by atoms with Gasteiger partial charge in [0.15, 0.2) is 0 Å². The van der Waals surface area contributed by atoms with Crippen LogP contribution in [0.3, 0.4) is 0 Å². The van der Waals surface area contributed by atoms with Crippen molar-refractivity contribution in [3.63, 3.8) is 0 Å². The van der Waals surface area contributed by atoms with Crippen molar-refractivity contribution < 1.29 is 4.74 Å². The van der Waals surface area contributed by atoms with Gasteiger partial charge in [-0.3, -0.25) is 0 Å². The average Bonchev–Trinajstić information content (AvgIpc) is 3.05. The van der Waals surface area contributed by atoms with E-state index in [4.69, 9.17) is 4.74 Å². The van der Waals surface area contributed by atoms with E-state index in [1.54, 1.807) is 0 Å². The Morgan fingerprint density at radius 1 is 1.23 bits per heavy atom. The van der Waals surface area contributed by atoms with Gasteiger partial charge in [-0.05, 0) is 53.0 Å². The predicted molar refractivity (Wildman–Crippen MR) is 113 cm³/mol. The first kappa shape index (κ1) is 17.1. The fraction of sp³-hybridized carbons (Fsp3) is 0.167. The molecule has 2 unspecified atom stereocenters. The van der Waals surface area contributed by atoms with Crippen LogP contribution in [0.5, 0.6) is 5.75 Å². The molecule has 1 heterocycles. The molecule has 2 aliphatic rings. The molecule has 2 aromatic carbocycles. The molecule has 2 atom stereocenters. The normalized spacial score (nSPS) is 20.8. The molecule has 1 aliphatic carbocycles. The van der Waals surface area contributed by atoms with Crippen molar-refractivity contribution in [3.8, 4) is 5.75 Å². The third-order valence-corrected chi connectivity index (χ3v) is 5.65. The lowest BCUT2D eigenvalue weighted by Crippen LogP contribution is -2.17. The first-order chi connectivity index (χ1) is 12.7. The van der Waals surface area contributed by atoms with Crippen molar-refractivity contribution in [3.05, 3.63) is 101 Å². The maximum Gasteiger partial charge on any atom is 0.128 e. The highest BCUT2D eigenvalue weighted by atomic mass is 79.9. The van der Waals surface area contributed by atoms with Crippen LogP contribution in [0.2, 0.25) is 0 Å². The van der Waals surface area contributed by atoms with Crippen molar-refractivity contribution in [2.45, 2.75) is 25.4 Å². The number of benzene rings is 2. The van der Waals surface area contributed by atoms with Gasteiger partial charge < -0.3 is 4.74 Å². The number of halogens is 1. The zero-order valence-corrected chi connectivity index (χ0v) is 16.4. The van der Waals surface area contributed by atoms with Gasteiger partial charge in [0.05, 0.1) is 0 Å². The molecule has 0 saturated carbocycles. The Labute approximate surface area is 163 Å². The minimum absolute atomic E-state index is 0.0827. The molecular formula is C24H21BrO. The summed E-state index contributed by atoms with van der Waals surface area (Å²) in [4.78, 5) is 0. The third kappa shape index (κ3) is 2.99. The quantitative estimate of drug-likeness (QED) is 0.502. The second-order valence-corrected chi connectivity index (χ2v) is 7.45. The molecule has 1 nitrogen and oxygen atoms in total. The van der Waals surface area contributed by atoms with E-state index in [1.165, 1.54) is 27.8 Å². The monoisotopic (exact) mass is 404 g/mol. The van der Waals surface area contributed by atoms with Crippen molar-refractivity contribution >= 4 is 27.1 Å². The van der Waals surface area contributed by atoms with Gasteiger partial charge in [0.1, 0.15) is 11.9 Å². The molecule has 2 heteroatoms. The van der Waals surface area contributed by atoms with Crippen LogP contribution in [0.25, 0.3) is 11.1 Å². The lowest BCUT2D eigenvalue weighted by molar-refractivity contribution is 0.269. The van der Waals surface area contributed by atoms with Crippen molar-refractivity contribution in [2.24, 2.45) is 0 Å². The third-order valence-electron chi connectivity index (χ3n) is 4.96. The highest BCUT2D eigenvalue weighted by Gasteiger charge is 2.34. The van der Waals surface area contributed by atoms with E-state index >= 15 is 0 Å². The smallest absolute Gasteiger partial charge is 0.128 e. The summed E-state index contributed by atoms with van der Waals surface area (Å²) in [6.45, 7) is 6.11. The molecule has 0 saturated heterocycles. The maximum absolute atomic E-state index is 6.10. The maximum atomic E-state index is 6.10. The lowest BCUT2D eigenvalue weighted by atomic mass is 9.86. The Hall–Kier alpha value is -2.32. The van der Waals surface area contributed by atoms with Crippen LogP contribution in [0.15, 0.2) is 83.9 Å². The van der Waals surface area contributed by atoms with Gasteiger partial charge in [-0.15, -0.1) is 0 Å². The van der Waals surface area contributed by atoms with Gasteiger partial charge in [0, 0.05) is 16.0 Å². The van der Waals surface area contributed by atoms with E-state index in [-0.39, 0.29) is 12.0 Å². The molecule has 1 aliphatic heterocycles. The Morgan fingerprint density at radius 2 is 2.08 bits per heavy atom. The lowest BCUT2D eigenvalue weighted by Gasteiger charge is -2.19. The summed E-state index contributed by atoms with van der Waals surface area (Å²) < 4.78 is 7.22. The van der Waals surface area contributed by atoms with Crippen molar-refractivity contribution in [1.82, 2.24) is 0 Å². The zero-order valence-electron chi connectivity index (χ0n) is 14.8. The standard InChI is InChI=1S/C24H21BrO/c1-3-7-16(4-2)17-8-5-9-18(14-17)19-12-13-22-20(15-19)24-21(25)10-6-11-23(24)26-22/h4-15,20,22H,2-3H2,1H3/b16-7+. The largest absolute Gasteiger partial charge is 0.485 e. The van der Waals surface area contributed by atoms with E-state index < -0.39 is 0 Å². The topological polar surface area (TPSA) is 9.23 Å². The fourth-order valence-electron chi connectivity index (χ4n) is 3.72. The fourth-order valence-corrected chi connectivity index (χ4v) is 4.33. The molecule has 26 heavy (non-hydrogen) atoms. The van der Waals surface area contributed by atoms with Crippen LogP contribution >= 0.6 is 15.9 Å². The number of rotatable bonds is 4. The summed E-state index contributed by atoms with van der Waals surface area (Å²) in [5.74, 6) is 1.22. The summed E-state index contributed by atoms with van der Waals surface area (Å²) in [6.07, 6.45) is 11.9. The molecule has 2 aromatic rings. The average molecular weight is 405 g/mol. The summed E-state index contributed by atoms with van der Waals surface area (Å²) in [5.41, 5.74) is 6.10. The van der Waals surface area contributed by atoms with E-state index in [0.717, 1.165) is 16.6 Å². The molecule has 0 radical (unpaired) electrons. The van der Waals surface area contributed by atoms with Crippen LogP contribution in [0, 0.1) is 0 Å². The number of hydrogen-bond donors (Lipinski definition) is 0. The zero-order chi connectivity index (χ0) is 18.1. The SMILES string of the molecule is C=C/C(=C\CC)c1cccc(C2=CC3c4c(Br)cccc4OC3C=C2)c1. The summed E-state index contributed by atoms with van der Waals surface area (Å²) in [6, 6.07) is 14.8. The van der Waals surface area contributed by atoms with E-state index in [1.807, 2.05) is 18.2 Å². The second-order valence-electron chi connectivity index (χ2n) is 6.59. The number of ether oxygens (including phenoxy) is 1. The van der Waals surface area contributed by atoms with Crippen LogP contribution < -0.4 is 4.74 Å². The number of fused-ring (bicyclic) bond motifs is 3. The van der Waals surface area contributed by atoms with Crippen molar-refractivity contribution in [1.29, 1.82) is 0 Å². The van der Waals surface area contributed by atoms with Crippen LogP contribution in [-0.2, 0) is 0 Å². The van der Waals surface area contributed by atoms with E-state index in [0.29, 0.717) is 0 Å². The van der Waals surface area contributed by atoms with Gasteiger partial charge in [-0.25, -0.2) is 0 Å². The van der Waals surface area contributed by atoms with E-state index in [2.05, 4.69) is 84.1 Å². The molecule has 0 N–H and O–H groups in total. The molecule has 0 bridgehead atoms. The second kappa shape index (κ2) is 7.13. The Morgan fingerprint density at radius 3 is 2.88 bits per heavy atom. The molecular weight excluding hydrogens is 384 g/mol. The molecule has 4 rings (SSSR count).